The zero-order valence-electron chi connectivity index (χ0n) is 11.1. The first-order chi connectivity index (χ1) is 9.54. The number of nitrogens with two attached hydrogens (primary N) is 1. The Balaban J connectivity index is 2.31. The summed E-state index contributed by atoms with van der Waals surface area (Å²) in [6.07, 6.45) is 4.67. The van der Waals surface area contributed by atoms with Gasteiger partial charge in [-0.25, -0.2) is 13.4 Å². The Kier molecular flexibility index (Phi) is 4.31. The van der Waals surface area contributed by atoms with E-state index in [-0.39, 0.29) is 10.7 Å². The average molecular weight is 292 g/mol. The quantitative estimate of drug-likeness (QED) is 0.896. The molecular formula is C13H16N4O2S. The van der Waals surface area contributed by atoms with Crippen LogP contribution >= 0.6 is 0 Å². The van der Waals surface area contributed by atoms with Crippen LogP contribution in [0.3, 0.4) is 0 Å². The fourth-order valence-corrected chi connectivity index (χ4v) is 3.26. The first-order valence-corrected chi connectivity index (χ1v) is 7.58. The van der Waals surface area contributed by atoms with Gasteiger partial charge in [-0.1, -0.05) is 6.92 Å². The van der Waals surface area contributed by atoms with Crippen LogP contribution in [0.5, 0.6) is 0 Å². The van der Waals surface area contributed by atoms with Gasteiger partial charge in [0.1, 0.15) is 5.82 Å². The minimum atomic E-state index is -3.58. The second kappa shape index (κ2) is 5.98. The van der Waals surface area contributed by atoms with E-state index in [9.17, 15) is 8.42 Å². The maximum atomic E-state index is 12.5. The van der Waals surface area contributed by atoms with Crippen LogP contribution in [-0.4, -0.2) is 29.2 Å². The van der Waals surface area contributed by atoms with Gasteiger partial charge in [0.15, 0.2) is 0 Å². The van der Waals surface area contributed by atoms with Crippen molar-refractivity contribution in [2.75, 3.05) is 12.3 Å². The molecule has 0 aliphatic carbocycles. The van der Waals surface area contributed by atoms with Gasteiger partial charge in [-0.15, -0.1) is 0 Å². The number of sulfonamides is 1. The summed E-state index contributed by atoms with van der Waals surface area (Å²) in [6.45, 7) is 2.46. The van der Waals surface area contributed by atoms with E-state index in [1.807, 2.05) is 0 Å². The smallest absolute Gasteiger partial charge is 0.243 e. The van der Waals surface area contributed by atoms with Crippen LogP contribution in [-0.2, 0) is 16.6 Å². The van der Waals surface area contributed by atoms with Crippen LogP contribution in [0.15, 0.2) is 47.8 Å². The lowest BCUT2D eigenvalue weighted by Crippen LogP contribution is -2.30. The molecule has 2 aromatic rings. The van der Waals surface area contributed by atoms with E-state index in [2.05, 4.69) is 9.97 Å². The summed E-state index contributed by atoms with van der Waals surface area (Å²) >= 11 is 0. The number of hydrogen-bond acceptors (Lipinski definition) is 5. The number of hydrogen-bond donors (Lipinski definition) is 1. The second-order valence-electron chi connectivity index (χ2n) is 4.20. The standard InChI is InChI=1S/C13H16N4O2S/c1-2-17(10-11-3-6-15-7-4-11)20(18,19)12-5-8-16-13(14)9-12/h3-9H,2,10H2,1H3,(H2,14,16). The highest BCUT2D eigenvalue weighted by Gasteiger charge is 2.23. The predicted molar refractivity (Wildman–Crippen MR) is 76.2 cm³/mol. The minimum absolute atomic E-state index is 0.154. The monoisotopic (exact) mass is 292 g/mol. The summed E-state index contributed by atoms with van der Waals surface area (Å²) in [4.78, 5) is 7.88. The van der Waals surface area contributed by atoms with E-state index in [0.29, 0.717) is 13.1 Å². The van der Waals surface area contributed by atoms with Crippen LogP contribution in [0.2, 0.25) is 0 Å². The van der Waals surface area contributed by atoms with Gasteiger partial charge in [0.25, 0.3) is 0 Å². The minimum Gasteiger partial charge on any atom is -0.384 e. The molecule has 2 heterocycles. The van der Waals surface area contributed by atoms with E-state index in [0.717, 1.165) is 5.56 Å². The van der Waals surface area contributed by atoms with Crippen molar-refractivity contribution in [3.8, 4) is 0 Å². The van der Waals surface area contributed by atoms with Gasteiger partial charge in [0.05, 0.1) is 4.90 Å². The van der Waals surface area contributed by atoms with E-state index in [1.165, 1.54) is 22.6 Å². The fourth-order valence-electron chi connectivity index (χ4n) is 1.80. The van der Waals surface area contributed by atoms with Crippen molar-refractivity contribution in [3.63, 3.8) is 0 Å². The lowest BCUT2D eigenvalue weighted by molar-refractivity contribution is 0.423. The second-order valence-corrected chi connectivity index (χ2v) is 6.14. The van der Waals surface area contributed by atoms with Crippen LogP contribution in [0.4, 0.5) is 5.82 Å². The maximum absolute atomic E-state index is 12.5. The third-order valence-corrected chi connectivity index (χ3v) is 4.77. The summed E-state index contributed by atoms with van der Waals surface area (Å²) in [6, 6.07) is 6.39. The van der Waals surface area contributed by atoms with Crippen LogP contribution in [0.25, 0.3) is 0 Å². The molecule has 0 spiro atoms. The van der Waals surface area contributed by atoms with Gasteiger partial charge in [-0.3, -0.25) is 4.98 Å². The van der Waals surface area contributed by atoms with Gasteiger partial charge in [-0.05, 0) is 23.8 Å². The summed E-state index contributed by atoms with van der Waals surface area (Å²) < 4.78 is 26.5. The molecule has 0 unspecified atom stereocenters. The molecule has 2 aromatic heterocycles. The van der Waals surface area contributed by atoms with Gasteiger partial charge < -0.3 is 5.73 Å². The summed E-state index contributed by atoms with van der Waals surface area (Å²) in [5.74, 6) is 0.186. The molecule has 0 amide bonds. The molecule has 7 heteroatoms. The van der Waals surface area contributed by atoms with Crippen LogP contribution < -0.4 is 5.73 Å². The fraction of sp³-hybridized carbons (Fsp3) is 0.231. The van der Waals surface area contributed by atoms with E-state index in [1.54, 1.807) is 31.5 Å². The lowest BCUT2D eigenvalue weighted by atomic mass is 10.3. The number of anilines is 1. The molecule has 0 radical (unpaired) electrons. The van der Waals surface area contributed by atoms with Crippen LogP contribution in [0, 0.1) is 0 Å². The molecule has 0 bridgehead atoms. The Morgan fingerprint density at radius 3 is 2.50 bits per heavy atom. The number of pyridine rings is 2. The van der Waals surface area contributed by atoms with Crippen LogP contribution in [0.1, 0.15) is 12.5 Å². The Labute approximate surface area is 118 Å². The van der Waals surface area contributed by atoms with Crippen molar-refractivity contribution in [3.05, 3.63) is 48.4 Å². The summed E-state index contributed by atoms with van der Waals surface area (Å²) in [5.41, 5.74) is 6.43. The normalized spacial score (nSPS) is 11.7. The molecule has 2 N–H and O–H groups in total. The number of nitrogens with zero attached hydrogens (tertiary/aromatic N) is 3. The molecule has 0 saturated carbocycles. The third-order valence-electron chi connectivity index (χ3n) is 2.85. The zero-order chi connectivity index (χ0) is 14.6. The van der Waals surface area contributed by atoms with Crippen molar-refractivity contribution in [1.29, 1.82) is 0 Å². The van der Waals surface area contributed by atoms with Gasteiger partial charge in [0, 0.05) is 37.7 Å². The molecule has 2 rings (SSSR count). The summed E-state index contributed by atoms with van der Waals surface area (Å²) in [5, 5.41) is 0. The van der Waals surface area contributed by atoms with E-state index < -0.39 is 10.0 Å². The van der Waals surface area contributed by atoms with E-state index in [4.69, 9.17) is 5.73 Å². The number of aromatic nitrogens is 2. The van der Waals surface area contributed by atoms with E-state index >= 15 is 0 Å². The van der Waals surface area contributed by atoms with Crippen molar-refractivity contribution in [1.82, 2.24) is 14.3 Å². The molecular weight excluding hydrogens is 276 g/mol. The summed E-state index contributed by atoms with van der Waals surface area (Å²) in [7, 11) is -3.58. The first-order valence-electron chi connectivity index (χ1n) is 6.14. The highest BCUT2D eigenvalue weighted by molar-refractivity contribution is 7.89. The Morgan fingerprint density at radius 1 is 1.20 bits per heavy atom. The van der Waals surface area contributed by atoms with Crippen molar-refractivity contribution >= 4 is 15.8 Å². The molecule has 106 valence electrons. The van der Waals surface area contributed by atoms with Crippen molar-refractivity contribution < 1.29 is 8.42 Å². The molecule has 0 aliphatic heterocycles. The highest BCUT2D eigenvalue weighted by Crippen LogP contribution is 2.18. The first kappa shape index (κ1) is 14.4. The zero-order valence-corrected chi connectivity index (χ0v) is 11.9. The largest absolute Gasteiger partial charge is 0.384 e. The van der Waals surface area contributed by atoms with Gasteiger partial charge in [0.2, 0.25) is 10.0 Å². The third kappa shape index (κ3) is 3.12. The highest BCUT2D eigenvalue weighted by atomic mass is 32.2. The average Bonchev–Trinajstić information content (AvgIpc) is 2.45. The van der Waals surface area contributed by atoms with Crippen molar-refractivity contribution in [2.45, 2.75) is 18.4 Å². The molecule has 0 atom stereocenters. The molecule has 0 aliphatic rings. The number of nitrogen functional groups attached to an aromatic ring is 1. The Morgan fingerprint density at radius 2 is 1.90 bits per heavy atom. The van der Waals surface area contributed by atoms with Gasteiger partial charge >= 0.3 is 0 Å². The molecule has 20 heavy (non-hydrogen) atoms. The molecule has 0 aromatic carbocycles. The van der Waals surface area contributed by atoms with Gasteiger partial charge in [-0.2, -0.15) is 4.31 Å². The maximum Gasteiger partial charge on any atom is 0.243 e. The molecule has 6 nitrogen and oxygen atoms in total. The van der Waals surface area contributed by atoms with Crippen molar-refractivity contribution in [2.24, 2.45) is 0 Å². The predicted octanol–water partition coefficient (Wildman–Crippen LogP) is 1.27. The SMILES string of the molecule is CCN(Cc1ccncc1)S(=O)(=O)c1ccnc(N)c1. The Hall–Kier alpha value is -1.99. The number of rotatable bonds is 5. The Bertz CT molecular complexity index is 674. The lowest BCUT2D eigenvalue weighted by Gasteiger charge is -2.20. The topological polar surface area (TPSA) is 89.2 Å². The molecule has 0 fully saturated rings. The molecule has 0 saturated heterocycles.